The summed E-state index contributed by atoms with van der Waals surface area (Å²) in [5.74, 6) is 0.589. The van der Waals surface area contributed by atoms with Crippen LogP contribution in [0.15, 0.2) is 60.2 Å². The van der Waals surface area contributed by atoms with Gasteiger partial charge in [-0.3, -0.25) is 4.79 Å². The van der Waals surface area contributed by atoms with Gasteiger partial charge < -0.3 is 14.8 Å². The van der Waals surface area contributed by atoms with Crippen molar-refractivity contribution in [1.29, 1.82) is 5.26 Å². The van der Waals surface area contributed by atoms with E-state index in [1.807, 2.05) is 12.1 Å². The van der Waals surface area contributed by atoms with Crippen molar-refractivity contribution in [3.8, 4) is 17.6 Å². The molecule has 5 nitrogen and oxygen atoms in total. The van der Waals surface area contributed by atoms with Gasteiger partial charge >= 0.3 is 0 Å². The monoisotopic (exact) mass is 460 g/mol. The van der Waals surface area contributed by atoms with Gasteiger partial charge in [-0.05, 0) is 73.4 Å². The summed E-state index contributed by atoms with van der Waals surface area (Å²) in [5, 5.41) is 12.9. The molecule has 0 atom stereocenters. The van der Waals surface area contributed by atoms with Crippen molar-refractivity contribution in [2.45, 2.75) is 27.4 Å². The maximum atomic E-state index is 12.8. The molecule has 3 rings (SSSR count). The Morgan fingerprint density at radius 3 is 2.58 bits per heavy atom. The normalized spacial score (nSPS) is 11.0. The van der Waals surface area contributed by atoms with Crippen molar-refractivity contribution >= 4 is 29.3 Å². The molecule has 0 spiro atoms. The highest BCUT2D eigenvalue weighted by atomic mass is 35.5. The zero-order valence-corrected chi connectivity index (χ0v) is 19.8. The molecule has 0 saturated heterocycles. The first-order valence-corrected chi connectivity index (χ1v) is 10.8. The molecule has 0 saturated carbocycles. The molecule has 3 aromatic carbocycles. The molecule has 1 N–H and O–H groups in total. The van der Waals surface area contributed by atoms with E-state index in [2.05, 4.69) is 31.3 Å². The molecule has 0 aliphatic carbocycles. The lowest BCUT2D eigenvalue weighted by atomic mass is 10.1. The fourth-order valence-corrected chi connectivity index (χ4v) is 3.35. The van der Waals surface area contributed by atoms with Crippen molar-refractivity contribution in [2.75, 3.05) is 12.4 Å². The number of methoxy groups -OCH3 is 1. The second-order valence-corrected chi connectivity index (χ2v) is 8.05. The molecule has 0 radical (unpaired) electrons. The highest BCUT2D eigenvalue weighted by Gasteiger charge is 2.14. The Kier molecular flexibility index (Phi) is 7.76. The van der Waals surface area contributed by atoms with Gasteiger partial charge in [-0.25, -0.2) is 0 Å². The molecule has 0 aliphatic rings. The SMILES string of the molecule is COc1ccc(/C=C(\C#N)C(=O)Nc2cccc(Cl)c2C)c(OCc2ccc(C)c(C)c2)c1. The van der Waals surface area contributed by atoms with Gasteiger partial charge in [0, 0.05) is 22.3 Å². The maximum Gasteiger partial charge on any atom is 0.266 e. The average molecular weight is 461 g/mol. The van der Waals surface area contributed by atoms with Gasteiger partial charge in [-0.1, -0.05) is 35.9 Å². The standard InChI is InChI=1S/C27H25ClN2O3/c1-17-8-9-20(12-18(17)2)16-33-26-14-23(32-4)11-10-21(26)13-22(15-29)27(31)30-25-7-5-6-24(28)19(25)3/h5-14H,16H2,1-4H3,(H,30,31)/b22-13+. The summed E-state index contributed by atoms with van der Waals surface area (Å²) < 4.78 is 11.4. The van der Waals surface area contributed by atoms with Crippen LogP contribution in [0.5, 0.6) is 11.5 Å². The minimum atomic E-state index is -0.529. The lowest BCUT2D eigenvalue weighted by molar-refractivity contribution is -0.112. The topological polar surface area (TPSA) is 71.3 Å². The Hall–Kier alpha value is -3.75. The van der Waals surface area contributed by atoms with Crippen LogP contribution >= 0.6 is 11.6 Å². The fourth-order valence-electron chi connectivity index (χ4n) is 3.18. The van der Waals surface area contributed by atoms with E-state index in [9.17, 15) is 10.1 Å². The summed E-state index contributed by atoms with van der Waals surface area (Å²) in [6, 6.07) is 18.6. The van der Waals surface area contributed by atoms with E-state index in [1.54, 1.807) is 50.4 Å². The van der Waals surface area contributed by atoms with Crippen molar-refractivity contribution in [3.63, 3.8) is 0 Å². The third-order valence-corrected chi connectivity index (χ3v) is 5.78. The summed E-state index contributed by atoms with van der Waals surface area (Å²) in [4.78, 5) is 12.8. The minimum absolute atomic E-state index is 0.0597. The molecular formula is C27H25ClN2O3. The molecule has 1 amide bonds. The number of ether oxygens (including phenoxy) is 2. The van der Waals surface area contributed by atoms with Gasteiger partial charge in [-0.15, -0.1) is 0 Å². The van der Waals surface area contributed by atoms with Crippen LogP contribution in [0.4, 0.5) is 5.69 Å². The number of benzene rings is 3. The molecule has 168 valence electrons. The van der Waals surface area contributed by atoms with Crippen LogP contribution in [-0.2, 0) is 11.4 Å². The van der Waals surface area contributed by atoms with Crippen LogP contribution in [0.2, 0.25) is 5.02 Å². The zero-order chi connectivity index (χ0) is 24.0. The van der Waals surface area contributed by atoms with Crippen LogP contribution in [0.25, 0.3) is 6.08 Å². The molecule has 0 heterocycles. The first kappa shape index (κ1) is 23.9. The Labute approximate surface area is 199 Å². The molecule has 0 fully saturated rings. The smallest absolute Gasteiger partial charge is 0.266 e. The Balaban J connectivity index is 1.88. The second kappa shape index (κ2) is 10.7. The highest BCUT2D eigenvalue weighted by Crippen LogP contribution is 2.29. The predicted molar refractivity (Wildman–Crippen MR) is 132 cm³/mol. The van der Waals surface area contributed by atoms with Crippen LogP contribution in [0.1, 0.15) is 27.8 Å². The molecule has 3 aromatic rings. The van der Waals surface area contributed by atoms with E-state index < -0.39 is 5.91 Å². The van der Waals surface area contributed by atoms with Gasteiger partial charge in [-0.2, -0.15) is 5.26 Å². The lowest BCUT2D eigenvalue weighted by Crippen LogP contribution is -2.14. The van der Waals surface area contributed by atoms with E-state index in [1.165, 1.54) is 17.2 Å². The number of nitrogens with zero attached hydrogens (tertiary/aromatic N) is 1. The molecule has 6 heteroatoms. The van der Waals surface area contributed by atoms with Gasteiger partial charge in [0.05, 0.1) is 7.11 Å². The van der Waals surface area contributed by atoms with E-state index in [-0.39, 0.29) is 5.57 Å². The van der Waals surface area contributed by atoms with Crippen LogP contribution < -0.4 is 14.8 Å². The molecule has 33 heavy (non-hydrogen) atoms. The Morgan fingerprint density at radius 2 is 1.88 bits per heavy atom. The predicted octanol–water partition coefficient (Wildman–Crippen LogP) is 6.40. The Morgan fingerprint density at radius 1 is 1.09 bits per heavy atom. The van der Waals surface area contributed by atoms with Gasteiger partial charge in [0.2, 0.25) is 0 Å². The summed E-state index contributed by atoms with van der Waals surface area (Å²) in [7, 11) is 1.57. The number of hydrogen-bond acceptors (Lipinski definition) is 4. The number of carbonyl (C=O) groups excluding carboxylic acids is 1. The minimum Gasteiger partial charge on any atom is -0.497 e. The van der Waals surface area contributed by atoms with Crippen molar-refractivity contribution in [1.82, 2.24) is 0 Å². The fraction of sp³-hybridized carbons (Fsp3) is 0.185. The van der Waals surface area contributed by atoms with E-state index >= 15 is 0 Å². The molecule has 0 bridgehead atoms. The number of halogens is 1. The molecule has 0 aromatic heterocycles. The number of amides is 1. The second-order valence-electron chi connectivity index (χ2n) is 7.65. The number of nitrogens with one attached hydrogen (secondary N) is 1. The maximum absolute atomic E-state index is 12.8. The largest absolute Gasteiger partial charge is 0.497 e. The number of aryl methyl sites for hydroxylation is 2. The molecule has 0 aliphatic heterocycles. The molecular weight excluding hydrogens is 436 g/mol. The van der Waals surface area contributed by atoms with Crippen molar-refractivity contribution in [3.05, 3.63) is 93.0 Å². The number of hydrogen-bond donors (Lipinski definition) is 1. The van der Waals surface area contributed by atoms with Crippen molar-refractivity contribution < 1.29 is 14.3 Å². The average Bonchev–Trinajstić information content (AvgIpc) is 2.81. The van der Waals surface area contributed by atoms with Crippen LogP contribution in [0.3, 0.4) is 0 Å². The van der Waals surface area contributed by atoms with Gasteiger partial charge in [0.1, 0.15) is 29.7 Å². The van der Waals surface area contributed by atoms with Crippen LogP contribution in [-0.4, -0.2) is 13.0 Å². The zero-order valence-electron chi connectivity index (χ0n) is 19.0. The van der Waals surface area contributed by atoms with E-state index in [0.717, 1.165) is 11.1 Å². The summed E-state index contributed by atoms with van der Waals surface area (Å²) in [6.45, 7) is 6.25. The van der Waals surface area contributed by atoms with Gasteiger partial charge in [0.25, 0.3) is 5.91 Å². The van der Waals surface area contributed by atoms with Gasteiger partial charge in [0.15, 0.2) is 0 Å². The number of anilines is 1. The number of nitriles is 1. The third kappa shape index (κ3) is 5.94. The first-order chi connectivity index (χ1) is 15.8. The first-order valence-electron chi connectivity index (χ1n) is 10.4. The summed E-state index contributed by atoms with van der Waals surface area (Å²) in [6.07, 6.45) is 1.50. The summed E-state index contributed by atoms with van der Waals surface area (Å²) >= 11 is 6.13. The Bertz CT molecular complexity index is 1260. The third-order valence-electron chi connectivity index (χ3n) is 5.37. The quantitative estimate of drug-likeness (QED) is 0.327. The summed E-state index contributed by atoms with van der Waals surface area (Å²) in [5.41, 5.74) is 5.22. The van der Waals surface area contributed by atoms with Crippen LogP contribution in [0, 0.1) is 32.1 Å². The van der Waals surface area contributed by atoms with E-state index in [4.69, 9.17) is 21.1 Å². The van der Waals surface area contributed by atoms with E-state index in [0.29, 0.717) is 34.4 Å². The number of carbonyl (C=O) groups is 1. The molecule has 0 unspecified atom stereocenters. The van der Waals surface area contributed by atoms with Crippen molar-refractivity contribution in [2.24, 2.45) is 0 Å². The highest BCUT2D eigenvalue weighted by molar-refractivity contribution is 6.31. The lowest BCUT2D eigenvalue weighted by Gasteiger charge is -2.13. The number of rotatable bonds is 7.